The summed E-state index contributed by atoms with van der Waals surface area (Å²) < 4.78 is 11.9. The van der Waals surface area contributed by atoms with Gasteiger partial charge in [0, 0.05) is 12.3 Å². The fourth-order valence-corrected chi connectivity index (χ4v) is 1.74. The second-order valence-corrected chi connectivity index (χ2v) is 4.49. The number of aliphatic hydroxyl groups excluding tert-OH is 1. The zero-order valence-corrected chi connectivity index (χ0v) is 12.1. The number of benzene rings is 1. The lowest BCUT2D eigenvalue weighted by molar-refractivity contribution is 0.0854. The predicted octanol–water partition coefficient (Wildman–Crippen LogP) is 1.64. The van der Waals surface area contributed by atoms with Crippen LogP contribution in [0.25, 0.3) is 0 Å². The number of amides is 1. The number of anilines is 1. The fourth-order valence-electron chi connectivity index (χ4n) is 1.74. The summed E-state index contributed by atoms with van der Waals surface area (Å²) >= 11 is 0. The minimum Gasteiger partial charge on any atom is -0.444 e. The van der Waals surface area contributed by atoms with Crippen LogP contribution in [0.5, 0.6) is 0 Å². The summed E-state index contributed by atoms with van der Waals surface area (Å²) in [6.45, 7) is 1.50. The maximum atomic E-state index is 11.7. The molecule has 2 rings (SSSR count). The lowest BCUT2D eigenvalue weighted by atomic mass is 10.2. The molecule has 0 aliphatic heterocycles. The second kappa shape index (κ2) is 8.81. The van der Waals surface area contributed by atoms with Crippen LogP contribution in [0, 0.1) is 0 Å². The maximum Gasteiger partial charge on any atom is 0.413 e. The highest BCUT2D eigenvalue weighted by Crippen LogP contribution is 2.05. The van der Waals surface area contributed by atoms with Gasteiger partial charge in [-0.2, -0.15) is 5.10 Å². The van der Waals surface area contributed by atoms with Crippen LogP contribution in [-0.4, -0.2) is 40.8 Å². The Morgan fingerprint density at radius 1 is 1.23 bits per heavy atom. The van der Waals surface area contributed by atoms with Gasteiger partial charge in [-0.15, -0.1) is 0 Å². The van der Waals surface area contributed by atoms with Crippen molar-refractivity contribution in [3.05, 3.63) is 48.2 Å². The summed E-state index contributed by atoms with van der Waals surface area (Å²) in [5, 5.41) is 15.3. The highest BCUT2D eigenvalue weighted by molar-refractivity contribution is 5.83. The van der Waals surface area contributed by atoms with Crippen LogP contribution in [0.3, 0.4) is 0 Å². The van der Waals surface area contributed by atoms with E-state index in [1.807, 2.05) is 30.3 Å². The number of carbonyl (C=O) groups is 1. The molecule has 1 heterocycles. The fraction of sp³-hybridized carbons (Fsp3) is 0.333. The third kappa shape index (κ3) is 5.55. The van der Waals surface area contributed by atoms with Gasteiger partial charge in [0.2, 0.25) is 0 Å². The Morgan fingerprint density at radius 2 is 2.05 bits per heavy atom. The van der Waals surface area contributed by atoms with Gasteiger partial charge in [-0.25, -0.2) is 4.79 Å². The van der Waals surface area contributed by atoms with Crippen molar-refractivity contribution in [1.29, 1.82) is 0 Å². The number of hydrogen-bond acceptors (Lipinski definition) is 5. The number of aliphatic hydroxyl groups is 1. The van der Waals surface area contributed by atoms with Crippen molar-refractivity contribution in [3.8, 4) is 0 Å². The monoisotopic (exact) mass is 305 g/mol. The Bertz CT molecular complexity index is 571. The predicted molar refractivity (Wildman–Crippen MR) is 80.4 cm³/mol. The molecule has 2 aromatic rings. The van der Waals surface area contributed by atoms with Crippen LogP contribution in [-0.2, 0) is 22.6 Å². The first kappa shape index (κ1) is 16.0. The van der Waals surface area contributed by atoms with E-state index < -0.39 is 6.09 Å². The van der Waals surface area contributed by atoms with E-state index in [9.17, 15) is 4.79 Å². The number of nitrogens with zero attached hydrogens (tertiary/aromatic N) is 2. The standard InChI is InChI=1S/C15H19N3O4/c19-9-11-21-10-8-18-7-6-14(17-18)16-15(20)22-12-13-4-2-1-3-5-13/h1-7,19H,8-12H2,(H,16,17,20). The summed E-state index contributed by atoms with van der Waals surface area (Å²) in [6.07, 6.45) is 1.18. The Kier molecular flexibility index (Phi) is 6.40. The Labute approximate surface area is 128 Å². The molecule has 0 unspecified atom stereocenters. The van der Waals surface area contributed by atoms with E-state index in [4.69, 9.17) is 14.6 Å². The molecule has 118 valence electrons. The summed E-state index contributed by atoms with van der Waals surface area (Å²) in [5.74, 6) is 0.417. The van der Waals surface area contributed by atoms with Crippen LogP contribution >= 0.6 is 0 Å². The van der Waals surface area contributed by atoms with Crippen molar-refractivity contribution in [2.75, 3.05) is 25.1 Å². The average molecular weight is 305 g/mol. The molecule has 0 aliphatic rings. The molecule has 1 aromatic carbocycles. The number of nitrogens with one attached hydrogen (secondary N) is 1. The summed E-state index contributed by atoms with van der Waals surface area (Å²) in [7, 11) is 0. The molecule has 22 heavy (non-hydrogen) atoms. The van der Waals surface area contributed by atoms with Gasteiger partial charge in [0.05, 0.1) is 26.4 Å². The molecule has 0 bridgehead atoms. The van der Waals surface area contributed by atoms with Gasteiger partial charge in [-0.3, -0.25) is 10.00 Å². The minimum absolute atomic E-state index is 0.000826. The third-order valence-electron chi connectivity index (χ3n) is 2.78. The van der Waals surface area contributed by atoms with E-state index in [1.54, 1.807) is 16.9 Å². The molecule has 7 nitrogen and oxygen atoms in total. The van der Waals surface area contributed by atoms with Crippen molar-refractivity contribution in [1.82, 2.24) is 9.78 Å². The quantitative estimate of drug-likeness (QED) is 0.724. The molecule has 1 aromatic heterocycles. The first-order valence-corrected chi connectivity index (χ1v) is 6.97. The molecular formula is C15H19N3O4. The number of rotatable bonds is 8. The number of carbonyl (C=O) groups excluding carboxylic acids is 1. The molecule has 1 amide bonds. The molecule has 0 saturated carbocycles. The Morgan fingerprint density at radius 3 is 2.82 bits per heavy atom. The van der Waals surface area contributed by atoms with Crippen molar-refractivity contribution in [3.63, 3.8) is 0 Å². The topological polar surface area (TPSA) is 85.6 Å². The van der Waals surface area contributed by atoms with Crippen molar-refractivity contribution < 1.29 is 19.4 Å². The van der Waals surface area contributed by atoms with E-state index >= 15 is 0 Å². The first-order chi connectivity index (χ1) is 10.8. The zero-order chi connectivity index (χ0) is 15.6. The highest BCUT2D eigenvalue weighted by Gasteiger charge is 2.06. The molecule has 0 saturated heterocycles. The lowest BCUT2D eigenvalue weighted by Crippen LogP contribution is -2.14. The lowest BCUT2D eigenvalue weighted by Gasteiger charge is -2.05. The van der Waals surface area contributed by atoms with Crippen LogP contribution in [0.2, 0.25) is 0 Å². The van der Waals surface area contributed by atoms with Crippen molar-refractivity contribution in [2.45, 2.75) is 13.2 Å². The van der Waals surface area contributed by atoms with E-state index in [1.165, 1.54) is 0 Å². The largest absolute Gasteiger partial charge is 0.444 e. The van der Waals surface area contributed by atoms with Crippen molar-refractivity contribution in [2.24, 2.45) is 0 Å². The van der Waals surface area contributed by atoms with E-state index in [0.29, 0.717) is 25.6 Å². The Balaban J connectivity index is 1.71. The normalized spacial score (nSPS) is 10.4. The Hall–Kier alpha value is -2.38. The van der Waals surface area contributed by atoms with E-state index in [0.717, 1.165) is 5.56 Å². The number of aromatic nitrogens is 2. The summed E-state index contributed by atoms with van der Waals surface area (Å²) in [5.41, 5.74) is 0.921. The smallest absolute Gasteiger partial charge is 0.413 e. The molecule has 0 spiro atoms. The molecule has 0 aliphatic carbocycles. The first-order valence-electron chi connectivity index (χ1n) is 6.97. The molecule has 0 fully saturated rings. The van der Waals surface area contributed by atoms with Crippen molar-refractivity contribution >= 4 is 11.9 Å². The van der Waals surface area contributed by atoms with Gasteiger partial charge in [-0.05, 0) is 5.56 Å². The van der Waals surface area contributed by atoms with Gasteiger partial charge in [0.25, 0.3) is 0 Å². The van der Waals surface area contributed by atoms with E-state index in [-0.39, 0.29) is 13.2 Å². The van der Waals surface area contributed by atoms with Crippen LogP contribution < -0.4 is 5.32 Å². The molecule has 0 radical (unpaired) electrons. The summed E-state index contributed by atoms with van der Waals surface area (Å²) in [4.78, 5) is 11.7. The van der Waals surface area contributed by atoms with E-state index in [2.05, 4.69) is 10.4 Å². The molecular weight excluding hydrogens is 286 g/mol. The van der Waals surface area contributed by atoms with Gasteiger partial charge in [0.15, 0.2) is 5.82 Å². The number of ether oxygens (including phenoxy) is 2. The SMILES string of the molecule is O=C(Nc1ccn(CCOCCO)n1)OCc1ccccc1. The van der Waals surface area contributed by atoms with Crippen LogP contribution in [0.1, 0.15) is 5.56 Å². The zero-order valence-electron chi connectivity index (χ0n) is 12.1. The molecule has 7 heteroatoms. The van der Waals surface area contributed by atoms with Crippen LogP contribution in [0.15, 0.2) is 42.6 Å². The molecule has 2 N–H and O–H groups in total. The van der Waals surface area contributed by atoms with Gasteiger partial charge in [0.1, 0.15) is 6.61 Å². The summed E-state index contributed by atoms with van der Waals surface area (Å²) in [6, 6.07) is 11.1. The number of hydrogen-bond donors (Lipinski definition) is 2. The highest BCUT2D eigenvalue weighted by atomic mass is 16.5. The molecule has 0 atom stereocenters. The van der Waals surface area contributed by atoms with Gasteiger partial charge >= 0.3 is 6.09 Å². The second-order valence-electron chi connectivity index (χ2n) is 4.49. The maximum absolute atomic E-state index is 11.7. The third-order valence-corrected chi connectivity index (χ3v) is 2.78. The van der Waals surface area contributed by atoms with Gasteiger partial charge < -0.3 is 14.6 Å². The minimum atomic E-state index is -0.550. The van der Waals surface area contributed by atoms with Gasteiger partial charge in [-0.1, -0.05) is 30.3 Å². The average Bonchev–Trinajstić information content (AvgIpc) is 2.98. The van der Waals surface area contributed by atoms with Crippen LogP contribution in [0.4, 0.5) is 10.6 Å².